The normalized spacial score (nSPS) is 17.2. The van der Waals surface area contributed by atoms with Crippen LogP contribution in [0, 0.1) is 17.5 Å². The van der Waals surface area contributed by atoms with Crippen molar-refractivity contribution >= 4 is 23.5 Å². The zero-order valence-electron chi connectivity index (χ0n) is 19.2. The van der Waals surface area contributed by atoms with E-state index in [0.717, 1.165) is 55.7 Å². The van der Waals surface area contributed by atoms with Gasteiger partial charge in [0.15, 0.2) is 0 Å². The Labute approximate surface area is 202 Å². The number of amides is 2. The minimum Gasteiger partial charge on any atom is -0.305 e. The molecule has 3 aromatic carbocycles. The molecule has 0 saturated carbocycles. The quantitative estimate of drug-likeness (QED) is 0.486. The monoisotopic (exact) mass is 477 g/mol. The lowest BCUT2D eigenvalue weighted by Gasteiger charge is -2.39. The van der Waals surface area contributed by atoms with Crippen molar-refractivity contribution in [1.82, 2.24) is 4.90 Å². The maximum Gasteiger partial charge on any atom is 0.326 e. The first-order valence-electron chi connectivity index (χ1n) is 11.7. The third kappa shape index (κ3) is 4.82. The van der Waals surface area contributed by atoms with Gasteiger partial charge in [0.05, 0.1) is 5.69 Å². The zero-order valence-corrected chi connectivity index (χ0v) is 19.2. The molecule has 1 fully saturated rings. The molecule has 0 aromatic heterocycles. The molecule has 0 atom stereocenters. The number of carbonyl (C=O) groups excluding carboxylic acids is 1. The van der Waals surface area contributed by atoms with Crippen LogP contribution in [-0.2, 0) is 5.41 Å². The summed E-state index contributed by atoms with van der Waals surface area (Å²) in [5.74, 6) is -1.90. The Hall–Kier alpha value is -3.58. The summed E-state index contributed by atoms with van der Waals surface area (Å²) in [7, 11) is 0. The number of halogens is 3. The van der Waals surface area contributed by atoms with Crippen LogP contribution >= 0.6 is 0 Å². The number of hydrogen-bond acceptors (Lipinski definition) is 2. The standard InChI is InChI=1S/C28H26F3N3O/c29-21-9-11-26-23(17-21)28(19-34(26)27(35)32-25-10-8-22(30)18-24(25)31)12-15-33(16-13-28)14-4-7-20-5-2-1-3-6-20/h1-11,17-18H,12-16,19H2,(H,32,35). The van der Waals surface area contributed by atoms with E-state index < -0.39 is 17.7 Å². The summed E-state index contributed by atoms with van der Waals surface area (Å²) in [5.41, 5.74) is 2.13. The molecule has 0 radical (unpaired) electrons. The van der Waals surface area contributed by atoms with E-state index >= 15 is 0 Å². The van der Waals surface area contributed by atoms with Crippen LogP contribution in [0.4, 0.5) is 29.3 Å². The molecule has 3 aromatic rings. The van der Waals surface area contributed by atoms with Gasteiger partial charge in [-0.05, 0) is 67.4 Å². The third-order valence-electron chi connectivity index (χ3n) is 6.99. The molecular formula is C28H26F3N3O. The molecule has 2 aliphatic rings. The van der Waals surface area contributed by atoms with E-state index in [9.17, 15) is 18.0 Å². The molecular weight excluding hydrogens is 451 g/mol. The summed E-state index contributed by atoms with van der Waals surface area (Å²) >= 11 is 0. The van der Waals surface area contributed by atoms with Gasteiger partial charge in [0, 0.05) is 30.3 Å². The summed E-state index contributed by atoms with van der Waals surface area (Å²) in [6.07, 6.45) is 5.80. The Kier molecular flexibility index (Phi) is 6.34. The number of carbonyl (C=O) groups is 1. The second kappa shape index (κ2) is 9.58. The number of nitrogens with zero attached hydrogens (tertiary/aromatic N) is 2. The Morgan fingerprint density at radius 3 is 2.40 bits per heavy atom. The second-order valence-electron chi connectivity index (χ2n) is 9.20. The first-order chi connectivity index (χ1) is 16.9. The number of benzene rings is 3. The molecule has 7 heteroatoms. The third-order valence-corrected chi connectivity index (χ3v) is 6.99. The van der Waals surface area contributed by atoms with Gasteiger partial charge in [-0.15, -0.1) is 0 Å². The van der Waals surface area contributed by atoms with Crippen molar-refractivity contribution in [2.24, 2.45) is 0 Å². The van der Waals surface area contributed by atoms with E-state index in [0.29, 0.717) is 12.2 Å². The van der Waals surface area contributed by atoms with Crippen LogP contribution in [-0.4, -0.2) is 37.1 Å². The highest BCUT2D eigenvalue weighted by atomic mass is 19.1. The number of piperidine rings is 1. The van der Waals surface area contributed by atoms with E-state index in [1.165, 1.54) is 18.2 Å². The molecule has 2 amide bonds. The molecule has 5 rings (SSSR count). The second-order valence-corrected chi connectivity index (χ2v) is 9.20. The fraction of sp³-hybridized carbons (Fsp3) is 0.250. The van der Waals surface area contributed by atoms with E-state index in [1.807, 2.05) is 18.2 Å². The lowest BCUT2D eigenvalue weighted by atomic mass is 9.74. The molecule has 1 N–H and O–H groups in total. The predicted octanol–water partition coefficient (Wildman–Crippen LogP) is 6.20. The number of urea groups is 1. The molecule has 0 aliphatic carbocycles. The van der Waals surface area contributed by atoms with Gasteiger partial charge in [-0.2, -0.15) is 0 Å². The van der Waals surface area contributed by atoms with Crippen molar-refractivity contribution in [2.45, 2.75) is 18.3 Å². The smallest absolute Gasteiger partial charge is 0.305 e. The summed E-state index contributed by atoms with van der Waals surface area (Å²) in [4.78, 5) is 17.0. The van der Waals surface area contributed by atoms with Gasteiger partial charge >= 0.3 is 6.03 Å². The van der Waals surface area contributed by atoms with Crippen molar-refractivity contribution in [1.29, 1.82) is 0 Å². The number of rotatable bonds is 4. The van der Waals surface area contributed by atoms with E-state index in [2.05, 4.69) is 34.5 Å². The molecule has 2 heterocycles. The highest BCUT2D eigenvalue weighted by Gasteiger charge is 2.46. The molecule has 1 saturated heterocycles. The van der Waals surface area contributed by atoms with Crippen LogP contribution in [0.1, 0.15) is 24.0 Å². The molecule has 0 bridgehead atoms. The number of hydrogen-bond donors (Lipinski definition) is 1. The summed E-state index contributed by atoms with van der Waals surface area (Å²) < 4.78 is 41.6. The van der Waals surface area contributed by atoms with Crippen LogP contribution in [0.2, 0.25) is 0 Å². The van der Waals surface area contributed by atoms with Crippen LogP contribution in [0.25, 0.3) is 6.08 Å². The van der Waals surface area contributed by atoms with Crippen molar-refractivity contribution in [2.75, 3.05) is 36.4 Å². The molecule has 180 valence electrons. The summed E-state index contributed by atoms with van der Waals surface area (Å²) in [6, 6.07) is 17.1. The Morgan fingerprint density at radius 1 is 0.943 bits per heavy atom. The topological polar surface area (TPSA) is 35.6 Å². The van der Waals surface area contributed by atoms with Crippen LogP contribution in [0.5, 0.6) is 0 Å². The fourth-order valence-electron chi connectivity index (χ4n) is 5.09. The van der Waals surface area contributed by atoms with Crippen molar-refractivity contribution in [3.8, 4) is 0 Å². The Bertz CT molecular complexity index is 1250. The van der Waals surface area contributed by atoms with Crippen molar-refractivity contribution in [3.63, 3.8) is 0 Å². The van der Waals surface area contributed by atoms with Crippen LogP contribution in [0.15, 0.2) is 72.8 Å². The SMILES string of the molecule is O=C(Nc1ccc(F)cc1F)N1CC2(CCN(CC=Cc3ccccc3)CC2)c2cc(F)ccc21. The molecule has 1 spiro atoms. The zero-order chi connectivity index (χ0) is 24.4. The average Bonchev–Trinajstić information content (AvgIpc) is 3.16. The highest BCUT2D eigenvalue weighted by Crippen LogP contribution is 2.47. The molecule has 4 nitrogen and oxygen atoms in total. The maximum absolute atomic E-state index is 14.2. The van der Waals surface area contributed by atoms with E-state index in [-0.39, 0.29) is 16.9 Å². The minimum absolute atomic E-state index is 0.0963. The first kappa shape index (κ1) is 23.2. The Balaban J connectivity index is 1.30. The van der Waals surface area contributed by atoms with Gasteiger partial charge in [0.1, 0.15) is 17.5 Å². The maximum atomic E-state index is 14.2. The van der Waals surface area contributed by atoms with Gasteiger partial charge in [-0.25, -0.2) is 18.0 Å². The fourth-order valence-corrected chi connectivity index (χ4v) is 5.09. The highest BCUT2D eigenvalue weighted by molar-refractivity contribution is 6.03. The average molecular weight is 478 g/mol. The van der Waals surface area contributed by atoms with Gasteiger partial charge in [-0.1, -0.05) is 42.5 Å². The van der Waals surface area contributed by atoms with Crippen LogP contribution < -0.4 is 10.2 Å². The first-order valence-corrected chi connectivity index (χ1v) is 11.7. The van der Waals surface area contributed by atoms with Crippen molar-refractivity contribution in [3.05, 3.63) is 101 Å². The molecule has 35 heavy (non-hydrogen) atoms. The summed E-state index contributed by atoms with van der Waals surface area (Å²) in [5, 5.41) is 2.54. The minimum atomic E-state index is -0.844. The Morgan fingerprint density at radius 2 is 1.66 bits per heavy atom. The number of fused-ring (bicyclic) bond motifs is 2. The molecule has 2 aliphatic heterocycles. The number of nitrogens with one attached hydrogen (secondary N) is 1. The van der Waals surface area contributed by atoms with E-state index in [4.69, 9.17) is 0 Å². The van der Waals surface area contributed by atoms with Gasteiger partial charge in [0.2, 0.25) is 0 Å². The number of likely N-dealkylation sites (tertiary alicyclic amines) is 1. The lowest BCUT2D eigenvalue weighted by molar-refractivity contribution is 0.180. The van der Waals surface area contributed by atoms with E-state index in [1.54, 1.807) is 11.0 Å². The van der Waals surface area contributed by atoms with Crippen LogP contribution in [0.3, 0.4) is 0 Å². The van der Waals surface area contributed by atoms with Gasteiger partial charge in [0.25, 0.3) is 0 Å². The largest absolute Gasteiger partial charge is 0.326 e. The molecule has 0 unspecified atom stereocenters. The summed E-state index contributed by atoms with van der Waals surface area (Å²) in [6.45, 7) is 2.83. The predicted molar refractivity (Wildman–Crippen MR) is 132 cm³/mol. The number of anilines is 2. The van der Waals surface area contributed by atoms with Gasteiger partial charge < -0.3 is 5.32 Å². The van der Waals surface area contributed by atoms with Gasteiger partial charge in [-0.3, -0.25) is 9.80 Å². The van der Waals surface area contributed by atoms with Crippen molar-refractivity contribution < 1.29 is 18.0 Å². The lowest BCUT2D eigenvalue weighted by Crippen LogP contribution is -2.46.